The zero-order chi connectivity index (χ0) is 15.4. The number of hydrogen-bond acceptors (Lipinski definition) is 3. The van der Waals surface area contributed by atoms with E-state index in [9.17, 15) is 13.6 Å². The Morgan fingerprint density at radius 3 is 2.71 bits per heavy atom. The number of amides is 1. The lowest BCUT2D eigenvalue weighted by atomic mass is 10.1. The normalized spacial score (nSPS) is 10.2. The first kappa shape index (κ1) is 14.8. The van der Waals surface area contributed by atoms with Gasteiger partial charge in [0.1, 0.15) is 17.4 Å². The summed E-state index contributed by atoms with van der Waals surface area (Å²) in [5.74, 6) is -1.30. The molecular formula is C15H14F2N2O2. The fourth-order valence-corrected chi connectivity index (χ4v) is 1.84. The highest BCUT2D eigenvalue weighted by atomic mass is 19.1. The molecule has 6 heteroatoms. The summed E-state index contributed by atoms with van der Waals surface area (Å²) in [4.78, 5) is 12.1. The molecule has 4 nitrogen and oxygen atoms in total. The van der Waals surface area contributed by atoms with Crippen molar-refractivity contribution in [2.24, 2.45) is 0 Å². The van der Waals surface area contributed by atoms with E-state index in [2.05, 4.69) is 5.32 Å². The Labute approximate surface area is 120 Å². The number of nitrogens with two attached hydrogens (primary N) is 1. The van der Waals surface area contributed by atoms with Crippen molar-refractivity contribution in [3.05, 3.63) is 59.2 Å². The molecule has 0 aromatic heterocycles. The van der Waals surface area contributed by atoms with Crippen LogP contribution in [0.15, 0.2) is 36.4 Å². The monoisotopic (exact) mass is 292 g/mol. The molecule has 0 bridgehead atoms. The van der Waals surface area contributed by atoms with Crippen LogP contribution >= 0.6 is 0 Å². The second kappa shape index (κ2) is 6.21. The van der Waals surface area contributed by atoms with Gasteiger partial charge in [-0.15, -0.1) is 0 Å². The van der Waals surface area contributed by atoms with E-state index < -0.39 is 17.5 Å². The Kier molecular flexibility index (Phi) is 4.37. The van der Waals surface area contributed by atoms with Gasteiger partial charge in [0.2, 0.25) is 0 Å². The third kappa shape index (κ3) is 3.47. The number of nitrogens with one attached hydrogen (secondary N) is 1. The molecular weight excluding hydrogens is 278 g/mol. The topological polar surface area (TPSA) is 64.3 Å². The van der Waals surface area contributed by atoms with Gasteiger partial charge in [-0.25, -0.2) is 8.78 Å². The average molecular weight is 292 g/mol. The molecule has 3 N–H and O–H groups in total. The first-order valence-corrected chi connectivity index (χ1v) is 6.17. The van der Waals surface area contributed by atoms with Crippen LogP contribution in [0.25, 0.3) is 0 Å². The molecule has 0 radical (unpaired) electrons. The van der Waals surface area contributed by atoms with E-state index in [1.165, 1.54) is 19.2 Å². The van der Waals surface area contributed by atoms with Gasteiger partial charge in [-0.2, -0.15) is 0 Å². The Hall–Kier alpha value is -2.63. The number of hydrogen-bond donors (Lipinski definition) is 2. The quantitative estimate of drug-likeness (QED) is 0.851. The first-order valence-electron chi connectivity index (χ1n) is 6.17. The minimum atomic E-state index is -0.582. The number of benzene rings is 2. The van der Waals surface area contributed by atoms with Gasteiger partial charge >= 0.3 is 0 Å². The zero-order valence-corrected chi connectivity index (χ0v) is 11.3. The van der Waals surface area contributed by atoms with E-state index in [1.807, 2.05) is 0 Å². The molecule has 0 saturated heterocycles. The highest BCUT2D eigenvalue weighted by molar-refractivity contribution is 5.97. The Bertz CT molecular complexity index is 675. The van der Waals surface area contributed by atoms with Gasteiger partial charge in [0.05, 0.1) is 12.7 Å². The number of carbonyl (C=O) groups is 1. The number of nitrogen functional groups attached to an aromatic ring is 1. The summed E-state index contributed by atoms with van der Waals surface area (Å²) < 4.78 is 31.6. The molecule has 1 amide bonds. The number of halogens is 2. The second-order valence-corrected chi connectivity index (χ2v) is 4.38. The molecule has 0 heterocycles. The van der Waals surface area contributed by atoms with Gasteiger partial charge in [-0.05, 0) is 30.3 Å². The fourth-order valence-electron chi connectivity index (χ4n) is 1.84. The van der Waals surface area contributed by atoms with Crippen LogP contribution in [0, 0.1) is 11.6 Å². The smallest absolute Gasteiger partial charge is 0.255 e. The van der Waals surface area contributed by atoms with Crippen molar-refractivity contribution >= 4 is 11.6 Å². The number of anilines is 1. The van der Waals surface area contributed by atoms with Crippen LogP contribution in [-0.4, -0.2) is 13.0 Å². The number of rotatable bonds is 4. The molecule has 2 aromatic carbocycles. The Balaban J connectivity index is 2.13. The van der Waals surface area contributed by atoms with E-state index in [1.54, 1.807) is 6.07 Å². The summed E-state index contributed by atoms with van der Waals surface area (Å²) >= 11 is 0. The van der Waals surface area contributed by atoms with E-state index in [0.29, 0.717) is 11.4 Å². The van der Waals surface area contributed by atoms with Crippen LogP contribution in [-0.2, 0) is 6.54 Å². The Morgan fingerprint density at radius 1 is 1.24 bits per heavy atom. The number of methoxy groups -OCH3 is 1. The van der Waals surface area contributed by atoms with Crippen molar-refractivity contribution in [1.29, 1.82) is 0 Å². The SMILES string of the molecule is COc1cc(N)ccc1C(=O)NCc1cc(F)ccc1F. The zero-order valence-electron chi connectivity index (χ0n) is 11.3. The predicted octanol–water partition coefficient (Wildman–Crippen LogP) is 2.49. The summed E-state index contributed by atoms with van der Waals surface area (Å²) in [6.07, 6.45) is 0. The maximum atomic E-state index is 13.5. The van der Waals surface area contributed by atoms with Gasteiger partial charge in [-0.3, -0.25) is 4.79 Å². The molecule has 0 spiro atoms. The number of carbonyl (C=O) groups excluding carboxylic acids is 1. The van der Waals surface area contributed by atoms with Crippen LogP contribution in [0.3, 0.4) is 0 Å². The standard InChI is InChI=1S/C15H14F2N2O2/c1-21-14-7-11(18)3-4-12(14)15(20)19-8-9-6-10(16)2-5-13(9)17/h2-7H,8,18H2,1H3,(H,19,20). The molecule has 2 rings (SSSR count). The lowest BCUT2D eigenvalue weighted by molar-refractivity contribution is 0.0947. The predicted molar refractivity (Wildman–Crippen MR) is 74.9 cm³/mol. The summed E-state index contributed by atoms with van der Waals surface area (Å²) in [6.45, 7) is -0.129. The van der Waals surface area contributed by atoms with Gasteiger partial charge in [0.25, 0.3) is 5.91 Å². The molecule has 0 aliphatic heterocycles. The molecule has 0 saturated carbocycles. The summed E-state index contributed by atoms with van der Waals surface area (Å²) in [6, 6.07) is 7.64. The van der Waals surface area contributed by atoms with Crippen molar-refractivity contribution < 1.29 is 18.3 Å². The van der Waals surface area contributed by atoms with E-state index in [-0.39, 0.29) is 17.7 Å². The second-order valence-electron chi connectivity index (χ2n) is 4.38. The van der Waals surface area contributed by atoms with Crippen LogP contribution in [0.2, 0.25) is 0 Å². The first-order chi connectivity index (χ1) is 10.0. The molecule has 0 aliphatic rings. The van der Waals surface area contributed by atoms with Crippen molar-refractivity contribution in [2.75, 3.05) is 12.8 Å². The van der Waals surface area contributed by atoms with Crippen LogP contribution < -0.4 is 15.8 Å². The Morgan fingerprint density at radius 2 is 2.00 bits per heavy atom. The van der Waals surface area contributed by atoms with Crippen molar-refractivity contribution in [1.82, 2.24) is 5.32 Å². The molecule has 0 unspecified atom stereocenters. The van der Waals surface area contributed by atoms with Crippen molar-refractivity contribution in [3.63, 3.8) is 0 Å². The molecule has 21 heavy (non-hydrogen) atoms. The van der Waals surface area contributed by atoms with Crippen molar-refractivity contribution in [3.8, 4) is 5.75 Å². The highest BCUT2D eigenvalue weighted by Gasteiger charge is 2.13. The fraction of sp³-hybridized carbons (Fsp3) is 0.133. The van der Waals surface area contributed by atoms with Gasteiger partial charge in [0, 0.05) is 23.9 Å². The molecule has 110 valence electrons. The summed E-state index contributed by atoms with van der Waals surface area (Å²) in [7, 11) is 1.41. The van der Waals surface area contributed by atoms with Gasteiger partial charge in [0.15, 0.2) is 0 Å². The lowest BCUT2D eigenvalue weighted by Gasteiger charge is -2.10. The third-order valence-electron chi connectivity index (χ3n) is 2.92. The molecule has 0 atom stereocenters. The largest absolute Gasteiger partial charge is 0.496 e. The summed E-state index contributed by atoms with van der Waals surface area (Å²) in [5.41, 5.74) is 6.39. The maximum Gasteiger partial charge on any atom is 0.255 e. The minimum absolute atomic E-state index is 0.0674. The van der Waals surface area contributed by atoms with E-state index in [0.717, 1.165) is 18.2 Å². The van der Waals surface area contributed by atoms with Gasteiger partial charge in [-0.1, -0.05) is 0 Å². The average Bonchev–Trinajstić information content (AvgIpc) is 2.47. The molecule has 2 aromatic rings. The van der Waals surface area contributed by atoms with Crippen LogP contribution in [0.4, 0.5) is 14.5 Å². The summed E-state index contributed by atoms with van der Waals surface area (Å²) in [5, 5.41) is 2.51. The lowest BCUT2D eigenvalue weighted by Crippen LogP contribution is -2.24. The highest BCUT2D eigenvalue weighted by Crippen LogP contribution is 2.21. The van der Waals surface area contributed by atoms with Crippen molar-refractivity contribution in [2.45, 2.75) is 6.54 Å². The van der Waals surface area contributed by atoms with E-state index >= 15 is 0 Å². The molecule has 0 fully saturated rings. The van der Waals surface area contributed by atoms with Gasteiger partial charge < -0.3 is 15.8 Å². The number of ether oxygens (including phenoxy) is 1. The maximum absolute atomic E-state index is 13.5. The van der Waals surface area contributed by atoms with Crippen LogP contribution in [0.5, 0.6) is 5.75 Å². The van der Waals surface area contributed by atoms with Crippen LogP contribution in [0.1, 0.15) is 15.9 Å². The van der Waals surface area contributed by atoms with E-state index in [4.69, 9.17) is 10.5 Å². The third-order valence-corrected chi connectivity index (χ3v) is 2.92. The minimum Gasteiger partial charge on any atom is -0.496 e. The molecule has 0 aliphatic carbocycles.